The number of ether oxygens (including phenoxy) is 6. The summed E-state index contributed by atoms with van der Waals surface area (Å²) in [6.45, 7) is 24.0. The van der Waals surface area contributed by atoms with E-state index >= 15 is 0 Å². The summed E-state index contributed by atoms with van der Waals surface area (Å²) in [5, 5.41) is 0. The van der Waals surface area contributed by atoms with Crippen LogP contribution >= 0.6 is 0 Å². The fourth-order valence-corrected chi connectivity index (χ4v) is 18.0. The molecule has 0 atom stereocenters. The molecule has 27 heteroatoms. The van der Waals surface area contributed by atoms with E-state index in [0.29, 0.717) is 45.3 Å². The third kappa shape index (κ3) is 18.7. The maximum absolute atomic E-state index is 14.8. The van der Waals surface area contributed by atoms with E-state index in [4.69, 9.17) is 28.4 Å². The van der Waals surface area contributed by atoms with Crippen molar-refractivity contribution in [3.8, 4) is 51.7 Å². The van der Waals surface area contributed by atoms with Gasteiger partial charge in [-0.05, 0) is 323 Å². The molecule has 0 N–H and O–H groups in total. The van der Waals surface area contributed by atoms with Gasteiger partial charge < -0.3 is 28.4 Å². The first-order valence-corrected chi connectivity index (χ1v) is 42.2. The maximum atomic E-state index is 14.8. The predicted molar refractivity (Wildman–Crippen MR) is 444 cm³/mol. The van der Waals surface area contributed by atoms with Crippen LogP contribution < -0.4 is 28.4 Å². The van der Waals surface area contributed by atoms with E-state index in [9.17, 15) is 77.9 Å². The first-order valence-electron chi connectivity index (χ1n) is 37.7. The molecule has 12 nitrogen and oxygen atoms in total. The Morgan fingerprint density at radius 2 is 0.418 bits per heavy atom. The Balaban J connectivity index is 0.000000192. The van der Waals surface area contributed by atoms with E-state index in [1.165, 1.54) is 179 Å². The molecule has 0 saturated carbocycles. The van der Waals surface area contributed by atoms with Crippen LogP contribution in [0, 0.1) is 76.2 Å². The Morgan fingerprint density at radius 1 is 0.230 bits per heavy atom. The fourth-order valence-electron chi connectivity index (χ4n) is 14.3. The van der Waals surface area contributed by atoms with Crippen LogP contribution in [0.5, 0.6) is 51.7 Å². The number of hydrogen-bond acceptors (Lipinski definition) is 12. The third-order valence-electron chi connectivity index (χ3n) is 21.7. The van der Waals surface area contributed by atoms with E-state index in [-0.39, 0.29) is 68.9 Å². The number of benzene rings is 12. The molecule has 0 aromatic heterocycles. The minimum absolute atomic E-state index is 0.0314. The Labute approximate surface area is 702 Å². The standard InChI is InChI=1S/C33H30F6O4S.C33H36O4S.C29H22F6O4S/c1-19-15-24(16-20(2)23(19)5)31(32(34,35)36,33(37,38)39)25-17-21(3)30(22(4)18-25)43-27-9-13-29(14-10-27)44(40,41)28-11-7-26(42-6)8-12-28;1-21-17-26(18-22(2)25(21)5)33(6,7)27-19-23(3)32(24(4)20-27)37-29-11-15-31(16-12-29)38(34,35)30-13-9-28(36-8)10-14-30;1-19-3-5-20(6-4-19)27(28(30,31)32,29(33,34)35)21-7-9-23(10-8-21)39-24-13-17-26(18-14-24)40(36,37)25-15-11-22(38-2)12-16-25/h7-18H,1-6H3;9-20H,1-8H3;3-18H,1-2H3. The van der Waals surface area contributed by atoms with Gasteiger partial charge in [0.05, 0.1) is 50.7 Å². The Hall–Kier alpha value is -11.6. The molecule has 12 rings (SSSR count). The average molecular weight is 1750 g/mol. The number of hydrogen-bond donors (Lipinski definition) is 0. The van der Waals surface area contributed by atoms with Gasteiger partial charge in [0, 0.05) is 5.41 Å². The molecule has 12 aromatic rings. The Bertz CT molecular complexity index is 6010. The number of aryl methyl sites for hydroxylation is 9. The summed E-state index contributed by atoms with van der Waals surface area (Å²) in [5.41, 5.74) is -2.29. The van der Waals surface area contributed by atoms with Gasteiger partial charge in [0.1, 0.15) is 51.7 Å². The second-order valence-corrected chi connectivity index (χ2v) is 36.0. The van der Waals surface area contributed by atoms with Gasteiger partial charge in [-0.2, -0.15) is 52.7 Å². The molecule has 0 aliphatic rings. The molecule has 122 heavy (non-hydrogen) atoms. The minimum atomic E-state index is -5.73. The molecule has 0 radical (unpaired) electrons. The number of methoxy groups -OCH3 is 3. The molecule has 0 saturated heterocycles. The van der Waals surface area contributed by atoms with Crippen molar-refractivity contribution >= 4 is 29.5 Å². The van der Waals surface area contributed by atoms with E-state index in [0.717, 1.165) is 77.5 Å². The maximum Gasteiger partial charge on any atom is 0.411 e. The molecule has 0 bridgehead atoms. The molecular formula is C95H88F12O12S3. The van der Waals surface area contributed by atoms with Gasteiger partial charge in [-0.1, -0.05) is 104 Å². The molecule has 0 heterocycles. The molecule has 0 aliphatic heterocycles. The second-order valence-electron chi connectivity index (χ2n) is 30.1. The molecular weight excluding hydrogens is 1660 g/mol. The van der Waals surface area contributed by atoms with Crippen molar-refractivity contribution in [3.63, 3.8) is 0 Å². The van der Waals surface area contributed by atoms with E-state index in [2.05, 4.69) is 72.7 Å². The van der Waals surface area contributed by atoms with Crippen LogP contribution in [0.15, 0.2) is 272 Å². The highest BCUT2D eigenvalue weighted by Crippen LogP contribution is 2.59. The molecule has 0 fully saturated rings. The van der Waals surface area contributed by atoms with Crippen molar-refractivity contribution in [3.05, 3.63) is 337 Å². The summed E-state index contributed by atoms with van der Waals surface area (Å²) in [5.74, 6) is 3.21. The highest BCUT2D eigenvalue weighted by atomic mass is 32.2. The highest BCUT2D eigenvalue weighted by Gasteiger charge is 2.74. The summed E-state index contributed by atoms with van der Waals surface area (Å²) in [6.07, 6.45) is -22.9. The average Bonchev–Trinajstić information content (AvgIpc) is 0.705. The molecule has 642 valence electrons. The first-order chi connectivity index (χ1) is 56.9. The largest absolute Gasteiger partial charge is 0.497 e. The smallest absolute Gasteiger partial charge is 0.411 e. The third-order valence-corrected chi connectivity index (χ3v) is 27.1. The summed E-state index contributed by atoms with van der Waals surface area (Å²) < 4.78 is 285. The van der Waals surface area contributed by atoms with Crippen molar-refractivity contribution < 1.29 is 106 Å². The van der Waals surface area contributed by atoms with Crippen LogP contribution in [0.25, 0.3) is 0 Å². The number of rotatable bonds is 21. The van der Waals surface area contributed by atoms with Crippen LogP contribution in [0.4, 0.5) is 52.7 Å². The summed E-state index contributed by atoms with van der Waals surface area (Å²) in [7, 11) is -6.93. The topological polar surface area (TPSA) is 158 Å². The first kappa shape index (κ1) is 92.7. The zero-order chi connectivity index (χ0) is 90.0. The molecule has 0 spiro atoms. The van der Waals surface area contributed by atoms with Gasteiger partial charge in [0.15, 0.2) is 0 Å². The number of halogens is 12. The summed E-state index contributed by atoms with van der Waals surface area (Å²) in [6, 6.07) is 55.0. The summed E-state index contributed by atoms with van der Waals surface area (Å²) >= 11 is 0. The van der Waals surface area contributed by atoms with Crippen molar-refractivity contribution in [1.29, 1.82) is 0 Å². The Morgan fingerprint density at radius 3 is 0.656 bits per heavy atom. The fraction of sp³-hybridized carbons (Fsp3) is 0.242. The molecule has 0 aliphatic carbocycles. The number of alkyl halides is 12. The van der Waals surface area contributed by atoms with Crippen LogP contribution in [0.2, 0.25) is 0 Å². The van der Waals surface area contributed by atoms with Gasteiger partial charge in [-0.25, -0.2) is 25.3 Å². The second kappa shape index (κ2) is 35.5. The quantitative estimate of drug-likeness (QED) is 0.0628. The molecule has 0 amide bonds. The van der Waals surface area contributed by atoms with E-state index < -0.39 is 87.3 Å². The van der Waals surface area contributed by atoms with Gasteiger partial charge in [-0.15, -0.1) is 0 Å². The lowest BCUT2D eigenvalue weighted by Gasteiger charge is -2.39. The van der Waals surface area contributed by atoms with E-state index in [1.807, 2.05) is 0 Å². The lowest BCUT2D eigenvalue weighted by atomic mass is 9.71. The van der Waals surface area contributed by atoms with E-state index in [1.54, 1.807) is 69.5 Å². The lowest BCUT2D eigenvalue weighted by molar-refractivity contribution is -0.290. The van der Waals surface area contributed by atoms with Crippen LogP contribution in [-0.2, 0) is 45.8 Å². The van der Waals surface area contributed by atoms with Gasteiger partial charge in [-0.3, -0.25) is 0 Å². The van der Waals surface area contributed by atoms with Crippen molar-refractivity contribution in [2.24, 2.45) is 0 Å². The van der Waals surface area contributed by atoms with Crippen molar-refractivity contribution in [2.75, 3.05) is 21.3 Å². The SMILES string of the molecule is COc1ccc(S(=O)(=O)c2ccc(Oc3c(C)cc(C(C)(C)c4cc(C)c(C)c(C)c4)cc3C)cc2)cc1.COc1ccc(S(=O)(=O)c2ccc(Oc3c(C)cc(C(c4cc(C)c(C)c(C)c4)(C(F)(F)F)C(F)(F)F)cc3C)cc2)cc1.COc1ccc(S(=O)(=O)c2ccc(Oc3ccc(C(c4ccc(C)cc4)(C(F)(F)F)C(F)(F)F)cc3)cc2)cc1. The van der Waals surface area contributed by atoms with Crippen LogP contribution in [0.1, 0.15) is 108 Å². The summed E-state index contributed by atoms with van der Waals surface area (Å²) in [4.78, 5) is 0.413. The van der Waals surface area contributed by atoms with Crippen molar-refractivity contribution in [2.45, 2.75) is 160 Å². The van der Waals surface area contributed by atoms with Gasteiger partial charge in [0.25, 0.3) is 0 Å². The number of sulfone groups is 3. The van der Waals surface area contributed by atoms with Gasteiger partial charge >= 0.3 is 24.7 Å². The molecule has 0 unspecified atom stereocenters. The highest BCUT2D eigenvalue weighted by molar-refractivity contribution is 7.92. The normalized spacial score (nSPS) is 12.5. The minimum Gasteiger partial charge on any atom is -0.497 e. The Kier molecular flexibility index (Phi) is 27.0. The lowest BCUT2D eigenvalue weighted by Crippen LogP contribution is -2.55. The predicted octanol–water partition coefficient (Wildman–Crippen LogP) is 25.5. The molecule has 12 aromatic carbocycles. The monoisotopic (exact) mass is 1740 g/mol. The van der Waals surface area contributed by atoms with Gasteiger partial charge in [0.2, 0.25) is 40.3 Å². The zero-order valence-electron chi connectivity index (χ0n) is 69.3. The zero-order valence-corrected chi connectivity index (χ0v) is 71.7. The van der Waals surface area contributed by atoms with Crippen LogP contribution in [-0.4, -0.2) is 71.3 Å². The van der Waals surface area contributed by atoms with Crippen molar-refractivity contribution in [1.82, 2.24) is 0 Å². The van der Waals surface area contributed by atoms with Crippen LogP contribution in [0.3, 0.4) is 0 Å².